The summed E-state index contributed by atoms with van der Waals surface area (Å²) in [5.41, 5.74) is 0. The van der Waals surface area contributed by atoms with E-state index in [9.17, 15) is 14.4 Å². The normalized spacial score (nSPS) is 10.2. The third kappa shape index (κ3) is 7.14. The van der Waals surface area contributed by atoms with E-state index in [0.29, 0.717) is 13.0 Å². The van der Waals surface area contributed by atoms with Crippen molar-refractivity contribution in [1.82, 2.24) is 16.0 Å². The van der Waals surface area contributed by atoms with Gasteiger partial charge in [-0.25, -0.2) is 0 Å². The fraction of sp³-hybridized carbons (Fsp3) is 0.500. The Balaban J connectivity index is 2.08. The van der Waals surface area contributed by atoms with Crippen molar-refractivity contribution in [2.24, 2.45) is 0 Å². The second-order valence-electron chi connectivity index (χ2n) is 4.84. The molecule has 0 saturated heterocycles. The van der Waals surface area contributed by atoms with E-state index >= 15 is 0 Å². The van der Waals surface area contributed by atoms with E-state index < -0.39 is 0 Å². The van der Waals surface area contributed by atoms with Crippen molar-refractivity contribution in [2.75, 3.05) is 13.1 Å². The molecule has 0 saturated carbocycles. The summed E-state index contributed by atoms with van der Waals surface area (Å²) in [6, 6.07) is 3.24. The standard InChI is InChI=1S/C14H21N3O4/c1-10(2)17-13(19)9-16-12(18)6-3-7-15-14(20)11-5-4-8-21-11/h4-5,8,10H,3,6-7,9H2,1-2H3,(H,15,20)(H,16,18)(H,17,19). The smallest absolute Gasteiger partial charge is 0.286 e. The fourth-order valence-corrected chi connectivity index (χ4v) is 1.59. The van der Waals surface area contributed by atoms with E-state index in [4.69, 9.17) is 4.42 Å². The zero-order chi connectivity index (χ0) is 15.7. The van der Waals surface area contributed by atoms with Crippen LogP contribution < -0.4 is 16.0 Å². The number of furan rings is 1. The highest BCUT2D eigenvalue weighted by Crippen LogP contribution is 1.99. The first kappa shape index (κ1) is 16.7. The summed E-state index contributed by atoms with van der Waals surface area (Å²) < 4.78 is 4.93. The Kier molecular flexibility index (Phi) is 7.00. The first-order chi connectivity index (χ1) is 9.99. The molecule has 1 heterocycles. The quantitative estimate of drug-likeness (QED) is 0.605. The second kappa shape index (κ2) is 8.78. The molecule has 3 N–H and O–H groups in total. The van der Waals surface area contributed by atoms with Gasteiger partial charge in [-0.15, -0.1) is 0 Å². The summed E-state index contributed by atoms with van der Waals surface area (Å²) >= 11 is 0. The molecule has 7 nitrogen and oxygen atoms in total. The summed E-state index contributed by atoms with van der Waals surface area (Å²) in [6.45, 7) is 4.03. The van der Waals surface area contributed by atoms with E-state index in [2.05, 4.69) is 16.0 Å². The molecule has 0 radical (unpaired) electrons. The van der Waals surface area contributed by atoms with Crippen LogP contribution in [0.2, 0.25) is 0 Å². The Morgan fingerprint density at radius 1 is 1.19 bits per heavy atom. The van der Waals surface area contributed by atoms with Crippen LogP contribution in [0.1, 0.15) is 37.2 Å². The van der Waals surface area contributed by atoms with Crippen LogP contribution in [0, 0.1) is 0 Å². The molecule has 1 aromatic rings. The third-order valence-corrected chi connectivity index (χ3v) is 2.51. The van der Waals surface area contributed by atoms with Gasteiger partial charge in [-0.2, -0.15) is 0 Å². The Morgan fingerprint density at radius 3 is 2.57 bits per heavy atom. The van der Waals surface area contributed by atoms with Gasteiger partial charge in [0, 0.05) is 19.0 Å². The molecule has 0 aliphatic rings. The summed E-state index contributed by atoms with van der Waals surface area (Å²) in [4.78, 5) is 34.3. The van der Waals surface area contributed by atoms with Gasteiger partial charge in [0.1, 0.15) is 0 Å². The van der Waals surface area contributed by atoms with Crippen LogP contribution in [0.25, 0.3) is 0 Å². The van der Waals surface area contributed by atoms with Gasteiger partial charge >= 0.3 is 0 Å². The first-order valence-electron chi connectivity index (χ1n) is 6.87. The van der Waals surface area contributed by atoms with Crippen molar-refractivity contribution in [2.45, 2.75) is 32.7 Å². The number of amides is 3. The lowest BCUT2D eigenvalue weighted by molar-refractivity contribution is -0.126. The highest BCUT2D eigenvalue weighted by molar-refractivity contribution is 5.91. The van der Waals surface area contributed by atoms with Crippen LogP contribution in [0.4, 0.5) is 0 Å². The largest absolute Gasteiger partial charge is 0.459 e. The lowest BCUT2D eigenvalue weighted by atomic mass is 10.3. The molecule has 21 heavy (non-hydrogen) atoms. The maximum absolute atomic E-state index is 11.5. The zero-order valence-corrected chi connectivity index (χ0v) is 12.3. The van der Waals surface area contributed by atoms with E-state index in [1.165, 1.54) is 6.26 Å². The summed E-state index contributed by atoms with van der Waals surface area (Å²) in [5, 5.41) is 7.84. The van der Waals surface area contributed by atoms with E-state index in [-0.39, 0.29) is 42.5 Å². The molecule has 0 aromatic carbocycles. The van der Waals surface area contributed by atoms with Gasteiger partial charge in [0.25, 0.3) is 5.91 Å². The molecule has 1 rings (SSSR count). The maximum Gasteiger partial charge on any atom is 0.286 e. The zero-order valence-electron chi connectivity index (χ0n) is 12.3. The van der Waals surface area contributed by atoms with Crippen LogP contribution >= 0.6 is 0 Å². The van der Waals surface area contributed by atoms with Crippen LogP contribution in [0.5, 0.6) is 0 Å². The molecule has 0 bridgehead atoms. The van der Waals surface area contributed by atoms with E-state index in [0.717, 1.165) is 0 Å². The van der Waals surface area contributed by atoms with Crippen LogP contribution in [-0.4, -0.2) is 36.9 Å². The van der Waals surface area contributed by atoms with Crippen molar-refractivity contribution in [1.29, 1.82) is 0 Å². The molecule has 1 aromatic heterocycles. The topological polar surface area (TPSA) is 100 Å². The minimum Gasteiger partial charge on any atom is -0.459 e. The lowest BCUT2D eigenvalue weighted by Gasteiger charge is -2.09. The van der Waals surface area contributed by atoms with Crippen molar-refractivity contribution < 1.29 is 18.8 Å². The predicted molar refractivity (Wildman–Crippen MR) is 76.6 cm³/mol. The molecule has 0 aliphatic carbocycles. The van der Waals surface area contributed by atoms with Crippen molar-refractivity contribution in [3.8, 4) is 0 Å². The van der Waals surface area contributed by atoms with Gasteiger partial charge in [0.2, 0.25) is 11.8 Å². The SMILES string of the molecule is CC(C)NC(=O)CNC(=O)CCCNC(=O)c1ccco1. The monoisotopic (exact) mass is 295 g/mol. The number of hydrogen-bond acceptors (Lipinski definition) is 4. The lowest BCUT2D eigenvalue weighted by Crippen LogP contribution is -2.39. The molecular weight excluding hydrogens is 274 g/mol. The van der Waals surface area contributed by atoms with Gasteiger partial charge in [0.05, 0.1) is 12.8 Å². The van der Waals surface area contributed by atoms with Crippen LogP contribution in [0.15, 0.2) is 22.8 Å². The van der Waals surface area contributed by atoms with E-state index in [1.54, 1.807) is 12.1 Å². The van der Waals surface area contributed by atoms with Crippen molar-refractivity contribution in [3.63, 3.8) is 0 Å². The Hall–Kier alpha value is -2.31. The van der Waals surface area contributed by atoms with Crippen LogP contribution in [-0.2, 0) is 9.59 Å². The van der Waals surface area contributed by atoms with Crippen molar-refractivity contribution >= 4 is 17.7 Å². The highest BCUT2D eigenvalue weighted by atomic mass is 16.3. The number of nitrogens with one attached hydrogen (secondary N) is 3. The second-order valence-corrected chi connectivity index (χ2v) is 4.84. The number of carbonyl (C=O) groups is 3. The Bertz CT molecular complexity index is 469. The Labute approximate surface area is 123 Å². The molecule has 0 spiro atoms. The minimum absolute atomic E-state index is 0.0320. The minimum atomic E-state index is -0.309. The molecule has 0 unspecified atom stereocenters. The summed E-state index contributed by atoms with van der Waals surface area (Å²) in [6.07, 6.45) is 2.15. The number of rotatable bonds is 8. The predicted octanol–water partition coefficient (Wildman–Crippen LogP) is 0.430. The summed E-state index contributed by atoms with van der Waals surface area (Å²) in [5.74, 6) is -0.507. The van der Waals surface area contributed by atoms with Gasteiger partial charge in [-0.3, -0.25) is 14.4 Å². The average molecular weight is 295 g/mol. The maximum atomic E-state index is 11.5. The molecule has 0 aliphatic heterocycles. The molecule has 0 fully saturated rings. The Morgan fingerprint density at radius 2 is 1.95 bits per heavy atom. The molecule has 3 amide bonds. The molecule has 116 valence electrons. The molecular formula is C14H21N3O4. The highest BCUT2D eigenvalue weighted by Gasteiger charge is 2.09. The fourth-order valence-electron chi connectivity index (χ4n) is 1.59. The number of hydrogen-bond donors (Lipinski definition) is 3. The van der Waals surface area contributed by atoms with Gasteiger partial charge < -0.3 is 20.4 Å². The van der Waals surface area contributed by atoms with Gasteiger partial charge in [-0.05, 0) is 32.4 Å². The first-order valence-corrected chi connectivity index (χ1v) is 6.87. The van der Waals surface area contributed by atoms with Crippen LogP contribution in [0.3, 0.4) is 0 Å². The van der Waals surface area contributed by atoms with E-state index in [1.807, 2.05) is 13.8 Å². The van der Waals surface area contributed by atoms with Gasteiger partial charge in [-0.1, -0.05) is 0 Å². The summed E-state index contributed by atoms with van der Waals surface area (Å²) in [7, 11) is 0. The molecule has 7 heteroatoms. The third-order valence-electron chi connectivity index (χ3n) is 2.51. The van der Waals surface area contributed by atoms with Gasteiger partial charge in [0.15, 0.2) is 5.76 Å². The average Bonchev–Trinajstić information content (AvgIpc) is 2.94. The van der Waals surface area contributed by atoms with Crippen molar-refractivity contribution in [3.05, 3.63) is 24.2 Å². The molecule has 0 atom stereocenters. The number of carbonyl (C=O) groups excluding carboxylic acids is 3.